The second kappa shape index (κ2) is 12.0. The average molecular weight is 539 g/mol. The molecule has 0 bridgehead atoms. The van der Waals surface area contributed by atoms with Crippen LogP contribution in [0.25, 0.3) is 10.8 Å². The molecule has 2 fully saturated rings. The Bertz CT molecular complexity index is 1220. The predicted octanol–water partition coefficient (Wildman–Crippen LogP) is 1.53. The summed E-state index contributed by atoms with van der Waals surface area (Å²) in [5.74, 6) is -0.0328. The van der Waals surface area contributed by atoms with Crippen LogP contribution < -0.4 is 10.0 Å². The summed E-state index contributed by atoms with van der Waals surface area (Å²) in [5.41, 5.74) is 0. The average Bonchev–Trinajstić information content (AvgIpc) is 3.45. The second-order valence-corrected chi connectivity index (χ2v) is 11.1. The number of benzene rings is 2. The second-order valence-electron chi connectivity index (χ2n) is 8.93. The minimum Gasteiger partial charge on any atom is -0.483 e. The van der Waals surface area contributed by atoms with E-state index in [9.17, 15) is 18.0 Å². The van der Waals surface area contributed by atoms with Crippen molar-refractivity contribution in [3.8, 4) is 0 Å². The highest BCUT2D eigenvalue weighted by atomic mass is 35.5. The van der Waals surface area contributed by atoms with Gasteiger partial charge in [-0.3, -0.25) is 14.4 Å². The summed E-state index contributed by atoms with van der Waals surface area (Å²) in [6, 6.07) is 8.46. The van der Waals surface area contributed by atoms with Gasteiger partial charge in [0.25, 0.3) is 6.47 Å². The summed E-state index contributed by atoms with van der Waals surface area (Å²) in [6.07, 6.45) is 1.26. The molecule has 0 saturated carbocycles. The third-order valence-electron chi connectivity index (χ3n) is 6.54. The Labute approximate surface area is 215 Å². The van der Waals surface area contributed by atoms with Crippen LogP contribution in [0, 0.1) is 5.92 Å². The number of likely N-dealkylation sites (tertiary alicyclic amines) is 2. The van der Waals surface area contributed by atoms with Crippen LogP contribution in [-0.2, 0) is 24.4 Å². The highest BCUT2D eigenvalue weighted by Gasteiger charge is 2.41. The molecular formula is C24H31ClN4O6S. The fourth-order valence-electron chi connectivity index (χ4n) is 4.70. The molecule has 0 spiro atoms. The SMILES string of the molecule is CNCC1CCN(C(=O)[C@H](C)N2CC[C@H](NS(=O)(=O)c3ccc4cc(Cl)ccc4c3)C2=O)C1.O=CO. The molecular weight excluding hydrogens is 508 g/mol. The molecule has 4 rings (SSSR count). The predicted molar refractivity (Wildman–Crippen MR) is 136 cm³/mol. The zero-order valence-electron chi connectivity index (χ0n) is 20.2. The van der Waals surface area contributed by atoms with E-state index >= 15 is 0 Å². The minimum absolute atomic E-state index is 0.0836. The Kier molecular flexibility index (Phi) is 9.29. The fraction of sp³-hybridized carbons (Fsp3) is 0.458. The fourth-order valence-corrected chi connectivity index (χ4v) is 6.14. The molecule has 0 aromatic heterocycles. The first-order chi connectivity index (χ1) is 17.1. The van der Waals surface area contributed by atoms with Gasteiger partial charge in [0, 0.05) is 24.7 Å². The van der Waals surface area contributed by atoms with Gasteiger partial charge >= 0.3 is 0 Å². The maximum Gasteiger partial charge on any atom is 0.290 e. The van der Waals surface area contributed by atoms with Crippen LogP contribution in [0.15, 0.2) is 41.3 Å². The van der Waals surface area contributed by atoms with E-state index in [0.29, 0.717) is 37.0 Å². The largest absolute Gasteiger partial charge is 0.483 e. The highest BCUT2D eigenvalue weighted by Crippen LogP contribution is 2.25. The van der Waals surface area contributed by atoms with E-state index in [4.69, 9.17) is 21.5 Å². The van der Waals surface area contributed by atoms with Crippen molar-refractivity contribution < 1.29 is 27.9 Å². The zero-order chi connectivity index (χ0) is 26.5. The van der Waals surface area contributed by atoms with Gasteiger partial charge in [-0.1, -0.05) is 23.7 Å². The lowest BCUT2D eigenvalue weighted by Gasteiger charge is -2.28. The molecule has 10 nitrogen and oxygen atoms in total. The lowest BCUT2D eigenvalue weighted by Crippen LogP contribution is -2.50. The Morgan fingerprint density at radius 2 is 1.86 bits per heavy atom. The first-order valence-corrected chi connectivity index (χ1v) is 13.5. The molecule has 3 N–H and O–H groups in total. The van der Waals surface area contributed by atoms with Crippen molar-refractivity contribution in [3.63, 3.8) is 0 Å². The van der Waals surface area contributed by atoms with Gasteiger partial charge in [0.1, 0.15) is 12.1 Å². The van der Waals surface area contributed by atoms with E-state index < -0.39 is 22.1 Å². The molecule has 0 aliphatic carbocycles. The molecule has 2 aromatic rings. The number of rotatable bonds is 7. The number of carbonyl (C=O) groups is 3. The van der Waals surface area contributed by atoms with E-state index in [1.165, 1.54) is 11.0 Å². The number of fused-ring (bicyclic) bond motifs is 1. The van der Waals surface area contributed by atoms with Crippen molar-refractivity contribution in [3.05, 3.63) is 41.4 Å². The highest BCUT2D eigenvalue weighted by molar-refractivity contribution is 7.89. The Morgan fingerprint density at radius 3 is 2.56 bits per heavy atom. The first kappa shape index (κ1) is 27.9. The van der Waals surface area contributed by atoms with Crippen LogP contribution in [0.3, 0.4) is 0 Å². The van der Waals surface area contributed by atoms with Crippen molar-refractivity contribution in [2.75, 3.05) is 33.2 Å². The van der Waals surface area contributed by atoms with Crippen molar-refractivity contribution in [2.24, 2.45) is 5.92 Å². The Hall–Kier alpha value is -2.73. The van der Waals surface area contributed by atoms with Crippen molar-refractivity contribution >= 4 is 50.7 Å². The molecule has 2 heterocycles. The summed E-state index contributed by atoms with van der Waals surface area (Å²) in [6.45, 7) is 4.02. The molecule has 36 heavy (non-hydrogen) atoms. The number of hydrogen-bond acceptors (Lipinski definition) is 6. The number of sulfonamides is 1. The van der Waals surface area contributed by atoms with Gasteiger partial charge in [-0.2, -0.15) is 4.72 Å². The van der Waals surface area contributed by atoms with E-state index in [1.54, 1.807) is 42.2 Å². The molecule has 3 atom stereocenters. The quantitative estimate of drug-likeness (QED) is 0.455. The number of hydrogen-bond donors (Lipinski definition) is 3. The first-order valence-electron chi connectivity index (χ1n) is 11.6. The molecule has 2 aromatic carbocycles. The Balaban J connectivity index is 0.00000115. The van der Waals surface area contributed by atoms with Gasteiger partial charge in [0.05, 0.1) is 4.90 Å². The third-order valence-corrected chi connectivity index (χ3v) is 8.24. The summed E-state index contributed by atoms with van der Waals surface area (Å²) >= 11 is 6.00. The molecule has 1 unspecified atom stereocenters. The number of nitrogens with one attached hydrogen (secondary N) is 2. The van der Waals surface area contributed by atoms with Crippen molar-refractivity contribution in [2.45, 2.75) is 36.7 Å². The molecule has 2 amide bonds. The van der Waals surface area contributed by atoms with Crippen LogP contribution in [0.1, 0.15) is 19.8 Å². The number of nitrogens with zero attached hydrogens (tertiary/aromatic N) is 2. The summed E-state index contributed by atoms with van der Waals surface area (Å²) < 4.78 is 28.5. The van der Waals surface area contributed by atoms with E-state index in [-0.39, 0.29) is 23.2 Å². The molecule has 12 heteroatoms. The van der Waals surface area contributed by atoms with E-state index in [1.807, 2.05) is 7.05 Å². The topological polar surface area (TPSA) is 136 Å². The number of carbonyl (C=O) groups excluding carboxylic acids is 2. The zero-order valence-corrected chi connectivity index (χ0v) is 21.8. The van der Waals surface area contributed by atoms with Gasteiger partial charge in [0.2, 0.25) is 21.8 Å². The Morgan fingerprint density at radius 1 is 1.19 bits per heavy atom. The molecule has 2 aliphatic heterocycles. The van der Waals surface area contributed by atoms with E-state index in [0.717, 1.165) is 23.7 Å². The normalized spacial score (nSPS) is 20.8. The number of carboxylic acid groups (broad SMARTS) is 1. The lowest BCUT2D eigenvalue weighted by molar-refractivity contribution is -0.142. The van der Waals surface area contributed by atoms with Crippen LogP contribution in [-0.4, -0.2) is 86.9 Å². The molecule has 0 radical (unpaired) electrons. The van der Waals surface area contributed by atoms with Gasteiger partial charge in [-0.25, -0.2) is 8.42 Å². The van der Waals surface area contributed by atoms with Gasteiger partial charge in [-0.05, 0) is 74.3 Å². The third kappa shape index (κ3) is 6.33. The van der Waals surface area contributed by atoms with Gasteiger partial charge in [-0.15, -0.1) is 0 Å². The van der Waals surface area contributed by atoms with Crippen LogP contribution >= 0.6 is 11.6 Å². The molecule has 2 saturated heterocycles. The maximum atomic E-state index is 13.0. The standard InChI is InChI=1S/C23H29ClN4O4S.CH2O2/c1-15(22(29)27-9-7-16(14-27)13-25-2)28-10-8-21(23(28)30)26-33(31,32)20-6-4-17-11-19(24)5-3-18(17)12-20;2-1-3/h3-6,11-12,15-16,21,25-26H,7-10,13-14H2,1-2H3;1H,(H,2,3)/t15-,16?,21-;/m0./s1. The summed E-state index contributed by atoms with van der Waals surface area (Å²) in [5, 5.41) is 12.2. The van der Waals surface area contributed by atoms with Gasteiger partial charge in [0.15, 0.2) is 0 Å². The van der Waals surface area contributed by atoms with Crippen molar-refractivity contribution in [1.82, 2.24) is 19.8 Å². The number of amides is 2. The van der Waals surface area contributed by atoms with E-state index in [2.05, 4.69) is 10.0 Å². The summed E-state index contributed by atoms with van der Waals surface area (Å²) in [4.78, 5) is 37.7. The smallest absolute Gasteiger partial charge is 0.290 e. The minimum atomic E-state index is -3.91. The van der Waals surface area contributed by atoms with Crippen LogP contribution in [0.2, 0.25) is 5.02 Å². The van der Waals surface area contributed by atoms with Crippen molar-refractivity contribution in [1.29, 1.82) is 0 Å². The molecule has 2 aliphatic rings. The van der Waals surface area contributed by atoms with Gasteiger partial charge < -0.3 is 20.2 Å². The van der Waals surface area contributed by atoms with Crippen LogP contribution in [0.5, 0.6) is 0 Å². The lowest BCUT2D eigenvalue weighted by atomic mass is 10.1. The summed E-state index contributed by atoms with van der Waals surface area (Å²) in [7, 11) is -2.02. The maximum absolute atomic E-state index is 13.0. The van der Waals surface area contributed by atoms with Crippen LogP contribution in [0.4, 0.5) is 0 Å². The monoisotopic (exact) mass is 538 g/mol. The number of halogens is 1. The molecule has 196 valence electrons.